The maximum absolute atomic E-state index is 5.72. The van der Waals surface area contributed by atoms with E-state index in [1.54, 1.807) is 23.3 Å². The summed E-state index contributed by atoms with van der Waals surface area (Å²) in [5, 5.41) is 3.25. The van der Waals surface area contributed by atoms with Crippen molar-refractivity contribution in [3.63, 3.8) is 0 Å². The molecule has 0 spiro atoms. The van der Waals surface area contributed by atoms with Crippen LogP contribution in [0.1, 0.15) is 26.2 Å². The van der Waals surface area contributed by atoms with Gasteiger partial charge in [-0.15, -0.1) is 0 Å². The highest BCUT2D eigenvalue weighted by molar-refractivity contribution is 5.35. The van der Waals surface area contributed by atoms with Crippen molar-refractivity contribution in [1.29, 1.82) is 0 Å². The van der Waals surface area contributed by atoms with Crippen molar-refractivity contribution in [1.82, 2.24) is 24.5 Å². The largest absolute Gasteiger partial charge is 0.368 e. The van der Waals surface area contributed by atoms with Gasteiger partial charge in [0.25, 0.3) is 0 Å². The highest BCUT2D eigenvalue weighted by Crippen LogP contribution is 2.39. The van der Waals surface area contributed by atoms with Crippen molar-refractivity contribution in [2.24, 2.45) is 5.41 Å². The summed E-state index contributed by atoms with van der Waals surface area (Å²) in [4.78, 5) is 16.5. The summed E-state index contributed by atoms with van der Waals surface area (Å²) in [5.41, 5.74) is 6.07. The number of hydrogen-bond donors (Lipinski definition) is 2. The second-order valence-electron chi connectivity index (χ2n) is 5.30. The number of nitrogen functional groups attached to an aromatic ring is 1. The van der Waals surface area contributed by atoms with Crippen LogP contribution < -0.4 is 11.1 Å². The summed E-state index contributed by atoms with van der Waals surface area (Å²) in [7, 11) is 0. The highest BCUT2D eigenvalue weighted by atomic mass is 15.3. The number of aromatic nitrogens is 5. The van der Waals surface area contributed by atoms with E-state index < -0.39 is 0 Å². The van der Waals surface area contributed by atoms with E-state index in [1.807, 2.05) is 0 Å². The molecule has 0 amide bonds. The molecule has 2 aromatic rings. The van der Waals surface area contributed by atoms with Crippen molar-refractivity contribution < 1.29 is 0 Å². The number of imidazole rings is 1. The van der Waals surface area contributed by atoms with Crippen LogP contribution in [0.25, 0.3) is 5.95 Å². The summed E-state index contributed by atoms with van der Waals surface area (Å²) >= 11 is 0. The third-order valence-electron chi connectivity index (χ3n) is 3.61. The molecule has 3 rings (SSSR count). The average molecular weight is 259 g/mol. The second-order valence-corrected chi connectivity index (χ2v) is 5.30. The SMILES string of the molecule is CC1(CNc2nc(N)nc(-n3ccnc3)n2)CCC1. The maximum Gasteiger partial charge on any atom is 0.241 e. The third-order valence-corrected chi connectivity index (χ3v) is 3.61. The molecule has 0 unspecified atom stereocenters. The molecule has 1 aliphatic rings. The van der Waals surface area contributed by atoms with Gasteiger partial charge in [-0.25, -0.2) is 4.98 Å². The Morgan fingerprint density at radius 3 is 2.84 bits per heavy atom. The zero-order valence-corrected chi connectivity index (χ0v) is 10.9. The Labute approximate surface area is 111 Å². The van der Waals surface area contributed by atoms with E-state index in [9.17, 15) is 0 Å². The Morgan fingerprint density at radius 1 is 1.37 bits per heavy atom. The van der Waals surface area contributed by atoms with Crippen molar-refractivity contribution in [3.8, 4) is 5.95 Å². The molecule has 2 heterocycles. The first-order valence-corrected chi connectivity index (χ1v) is 6.38. The monoisotopic (exact) mass is 259 g/mol. The molecule has 0 saturated heterocycles. The first-order valence-electron chi connectivity index (χ1n) is 6.38. The molecule has 3 N–H and O–H groups in total. The lowest BCUT2D eigenvalue weighted by Crippen LogP contribution is -2.33. The summed E-state index contributed by atoms with van der Waals surface area (Å²) in [5.74, 6) is 1.20. The van der Waals surface area contributed by atoms with Crippen LogP contribution in [0.15, 0.2) is 18.7 Å². The van der Waals surface area contributed by atoms with E-state index in [4.69, 9.17) is 5.73 Å². The van der Waals surface area contributed by atoms with Crippen molar-refractivity contribution in [3.05, 3.63) is 18.7 Å². The third kappa shape index (κ3) is 2.49. The molecular formula is C12H17N7. The predicted octanol–water partition coefficient (Wildman–Crippen LogP) is 1.24. The van der Waals surface area contributed by atoms with Gasteiger partial charge in [-0.1, -0.05) is 13.3 Å². The number of hydrogen-bond acceptors (Lipinski definition) is 6. The maximum atomic E-state index is 5.72. The molecular weight excluding hydrogens is 242 g/mol. The number of anilines is 2. The fraction of sp³-hybridized carbons (Fsp3) is 0.500. The smallest absolute Gasteiger partial charge is 0.241 e. The second kappa shape index (κ2) is 4.49. The Hall–Kier alpha value is -2.18. The van der Waals surface area contributed by atoms with Gasteiger partial charge in [0.2, 0.25) is 17.8 Å². The van der Waals surface area contributed by atoms with Crippen LogP contribution in [-0.2, 0) is 0 Å². The fourth-order valence-corrected chi connectivity index (χ4v) is 2.20. The van der Waals surface area contributed by atoms with Gasteiger partial charge in [0.15, 0.2) is 0 Å². The molecule has 1 fully saturated rings. The zero-order valence-electron chi connectivity index (χ0n) is 10.9. The van der Waals surface area contributed by atoms with Gasteiger partial charge in [-0.3, -0.25) is 4.57 Å². The summed E-state index contributed by atoms with van der Waals surface area (Å²) < 4.78 is 1.70. The molecule has 100 valence electrons. The average Bonchev–Trinajstić information content (AvgIpc) is 2.87. The van der Waals surface area contributed by atoms with Crippen LogP contribution >= 0.6 is 0 Å². The Bertz CT molecular complexity index is 559. The fourth-order valence-electron chi connectivity index (χ4n) is 2.20. The topological polar surface area (TPSA) is 94.5 Å². The van der Waals surface area contributed by atoms with E-state index in [0.717, 1.165) is 6.54 Å². The minimum Gasteiger partial charge on any atom is -0.368 e. The van der Waals surface area contributed by atoms with E-state index >= 15 is 0 Å². The van der Waals surface area contributed by atoms with Crippen LogP contribution in [0.5, 0.6) is 0 Å². The lowest BCUT2D eigenvalue weighted by Gasteiger charge is -2.38. The first-order chi connectivity index (χ1) is 9.15. The quantitative estimate of drug-likeness (QED) is 0.857. The Kier molecular flexibility index (Phi) is 2.81. The number of rotatable bonds is 4. The van der Waals surface area contributed by atoms with Crippen LogP contribution in [-0.4, -0.2) is 31.0 Å². The summed E-state index contributed by atoms with van der Waals surface area (Å²) in [6.07, 6.45) is 8.86. The van der Waals surface area contributed by atoms with Gasteiger partial charge in [-0.05, 0) is 18.3 Å². The molecule has 0 radical (unpaired) electrons. The molecule has 1 saturated carbocycles. The normalized spacial score (nSPS) is 16.9. The van der Waals surface area contributed by atoms with E-state index in [2.05, 4.69) is 32.2 Å². The molecule has 19 heavy (non-hydrogen) atoms. The van der Waals surface area contributed by atoms with E-state index in [0.29, 0.717) is 17.3 Å². The van der Waals surface area contributed by atoms with Gasteiger partial charge in [0.05, 0.1) is 0 Å². The van der Waals surface area contributed by atoms with Crippen LogP contribution in [0.2, 0.25) is 0 Å². The molecule has 7 heteroatoms. The molecule has 0 aromatic carbocycles. The Balaban J connectivity index is 1.78. The zero-order chi connectivity index (χ0) is 13.3. The molecule has 0 atom stereocenters. The number of nitrogens with zero attached hydrogens (tertiary/aromatic N) is 5. The van der Waals surface area contributed by atoms with Crippen LogP contribution in [0.3, 0.4) is 0 Å². The lowest BCUT2D eigenvalue weighted by molar-refractivity contribution is 0.179. The van der Waals surface area contributed by atoms with E-state index in [1.165, 1.54) is 19.3 Å². The van der Waals surface area contributed by atoms with E-state index in [-0.39, 0.29) is 5.95 Å². The van der Waals surface area contributed by atoms with Gasteiger partial charge < -0.3 is 11.1 Å². The molecule has 1 aliphatic carbocycles. The van der Waals surface area contributed by atoms with Gasteiger partial charge in [0, 0.05) is 18.9 Å². The first kappa shape index (κ1) is 11.9. The van der Waals surface area contributed by atoms with Crippen molar-refractivity contribution >= 4 is 11.9 Å². The minimum atomic E-state index is 0.208. The van der Waals surface area contributed by atoms with Gasteiger partial charge >= 0.3 is 0 Å². The standard InChI is InChI=1S/C12H17N7/c1-12(3-2-4-12)7-15-10-16-9(13)17-11(18-10)19-6-5-14-8-19/h5-6,8H,2-4,7H2,1H3,(H3,13,15,16,17,18). The molecule has 7 nitrogen and oxygen atoms in total. The number of nitrogens with one attached hydrogen (secondary N) is 1. The molecule has 2 aromatic heterocycles. The van der Waals surface area contributed by atoms with Crippen molar-refractivity contribution in [2.45, 2.75) is 26.2 Å². The van der Waals surface area contributed by atoms with Gasteiger partial charge in [0.1, 0.15) is 6.33 Å². The lowest BCUT2D eigenvalue weighted by atomic mass is 9.70. The molecule has 0 aliphatic heterocycles. The van der Waals surface area contributed by atoms with Crippen LogP contribution in [0, 0.1) is 5.41 Å². The van der Waals surface area contributed by atoms with Crippen molar-refractivity contribution in [2.75, 3.05) is 17.6 Å². The minimum absolute atomic E-state index is 0.208. The van der Waals surface area contributed by atoms with Gasteiger partial charge in [-0.2, -0.15) is 15.0 Å². The summed E-state index contributed by atoms with van der Waals surface area (Å²) in [6, 6.07) is 0. The summed E-state index contributed by atoms with van der Waals surface area (Å²) in [6.45, 7) is 3.13. The predicted molar refractivity (Wildman–Crippen MR) is 71.8 cm³/mol. The van der Waals surface area contributed by atoms with Crippen LogP contribution in [0.4, 0.5) is 11.9 Å². The number of nitrogens with two attached hydrogens (primary N) is 1. The molecule has 0 bridgehead atoms. The highest BCUT2D eigenvalue weighted by Gasteiger charge is 2.31. The Morgan fingerprint density at radius 2 is 2.21 bits per heavy atom.